The molecule has 0 radical (unpaired) electrons. The normalized spacial score (nSPS) is 22.6. The Balaban J connectivity index is 1.97. The van der Waals surface area contributed by atoms with Gasteiger partial charge in [0.25, 0.3) is 0 Å². The molecule has 112 valence electrons. The van der Waals surface area contributed by atoms with Crippen molar-refractivity contribution in [2.75, 3.05) is 0 Å². The van der Waals surface area contributed by atoms with Crippen molar-refractivity contribution < 1.29 is 9.90 Å². The highest BCUT2D eigenvalue weighted by molar-refractivity contribution is 6.01. The van der Waals surface area contributed by atoms with Crippen LogP contribution in [0.4, 0.5) is 0 Å². The highest BCUT2D eigenvalue weighted by Gasteiger charge is 2.22. The molecule has 1 aliphatic carbocycles. The average molecular weight is 286 g/mol. The predicted molar refractivity (Wildman–Crippen MR) is 82.6 cm³/mol. The van der Waals surface area contributed by atoms with E-state index in [9.17, 15) is 9.90 Å². The van der Waals surface area contributed by atoms with Crippen molar-refractivity contribution in [3.8, 4) is 0 Å². The quantitative estimate of drug-likeness (QED) is 0.931. The summed E-state index contributed by atoms with van der Waals surface area (Å²) in [4.78, 5) is 16.0. The van der Waals surface area contributed by atoms with E-state index in [0.29, 0.717) is 11.5 Å². The smallest absolute Gasteiger partial charge is 0.337 e. The highest BCUT2D eigenvalue weighted by Crippen LogP contribution is 2.31. The third-order valence-corrected chi connectivity index (χ3v) is 4.76. The number of aromatic nitrogens is 2. The molecule has 1 N–H and O–H groups in total. The lowest BCUT2D eigenvalue weighted by atomic mass is 9.83. The molecule has 4 heteroatoms. The summed E-state index contributed by atoms with van der Waals surface area (Å²) in [6, 6.07) is 5.34. The monoisotopic (exact) mass is 286 g/mol. The van der Waals surface area contributed by atoms with Crippen LogP contribution >= 0.6 is 0 Å². The summed E-state index contributed by atoms with van der Waals surface area (Å²) >= 11 is 0. The van der Waals surface area contributed by atoms with E-state index in [2.05, 4.69) is 16.5 Å². The summed E-state index contributed by atoms with van der Waals surface area (Å²) in [5, 5.41) is 9.42. The van der Waals surface area contributed by atoms with Crippen LogP contribution in [0.3, 0.4) is 0 Å². The molecule has 2 aromatic rings. The van der Waals surface area contributed by atoms with Crippen molar-refractivity contribution in [1.29, 1.82) is 0 Å². The Bertz CT molecular complexity index is 667. The zero-order valence-corrected chi connectivity index (χ0v) is 12.7. The summed E-state index contributed by atoms with van der Waals surface area (Å²) < 4.78 is 2.11. The Hall–Kier alpha value is -1.84. The van der Waals surface area contributed by atoms with Crippen LogP contribution in [0.15, 0.2) is 18.2 Å². The maximum atomic E-state index is 11.5. The molecule has 1 saturated carbocycles. The van der Waals surface area contributed by atoms with E-state index in [1.165, 1.54) is 25.7 Å². The zero-order valence-electron chi connectivity index (χ0n) is 12.7. The van der Waals surface area contributed by atoms with Gasteiger partial charge in [-0.1, -0.05) is 25.8 Å². The minimum Gasteiger partial charge on any atom is -0.478 e. The van der Waals surface area contributed by atoms with Gasteiger partial charge in [-0.05, 0) is 43.7 Å². The van der Waals surface area contributed by atoms with Crippen molar-refractivity contribution in [2.45, 2.75) is 46.1 Å². The van der Waals surface area contributed by atoms with Gasteiger partial charge >= 0.3 is 5.97 Å². The summed E-state index contributed by atoms with van der Waals surface area (Å²) in [5.41, 5.74) is 1.93. The first-order valence-electron chi connectivity index (χ1n) is 7.75. The number of carboxylic acids is 1. The number of carboxylic acid groups (broad SMARTS) is 1. The van der Waals surface area contributed by atoms with E-state index in [1.807, 2.05) is 13.0 Å². The number of para-hydroxylation sites is 1. The lowest BCUT2D eigenvalue weighted by Crippen LogP contribution is -2.19. The maximum absolute atomic E-state index is 11.5. The van der Waals surface area contributed by atoms with Gasteiger partial charge in [-0.25, -0.2) is 9.78 Å². The van der Waals surface area contributed by atoms with E-state index in [1.54, 1.807) is 12.1 Å². The van der Waals surface area contributed by atoms with Gasteiger partial charge in [-0.15, -0.1) is 0 Å². The Morgan fingerprint density at radius 3 is 2.71 bits per heavy atom. The van der Waals surface area contributed by atoms with E-state index in [-0.39, 0.29) is 0 Å². The molecule has 4 nitrogen and oxygen atoms in total. The minimum atomic E-state index is -0.876. The fraction of sp³-hybridized carbons (Fsp3) is 0.529. The SMILES string of the molecule is Cc1nc2cccc(C(=O)O)c2n1CC1CCC(C)CC1. The summed E-state index contributed by atoms with van der Waals surface area (Å²) in [5.74, 6) is 1.51. The Labute approximate surface area is 124 Å². The first-order valence-corrected chi connectivity index (χ1v) is 7.75. The molecule has 0 saturated heterocycles. The molecule has 21 heavy (non-hydrogen) atoms. The lowest BCUT2D eigenvalue weighted by Gasteiger charge is -2.27. The summed E-state index contributed by atoms with van der Waals surface area (Å²) in [6.45, 7) is 5.17. The van der Waals surface area contributed by atoms with Crippen LogP contribution in [0, 0.1) is 18.8 Å². The van der Waals surface area contributed by atoms with Gasteiger partial charge in [-0.3, -0.25) is 0 Å². The standard InChI is InChI=1S/C17H22N2O2/c1-11-6-8-13(9-7-11)10-19-12(2)18-15-5-3-4-14(16(15)19)17(20)21/h3-5,11,13H,6-10H2,1-2H3,(H,20,21). The number of aryl methyl sites for hydroxylation is 1. The second-order valence-electron chi connectivity index (χ2n) is 6.37. The van der Waals surface area contributed by atoms with Crippen LogP contribution < -0.4 is 0 Å². The van der Waals surface area contributed by atoms with E-state index in [4.69, 9.17) is 0 Å². The molecule has 1 aliphatic rings. The van der Waals surface area contributed by atoms with Gasteiger partial charge in [0, 0.05) is 6.54 Å². The summed E-state index contributed by atoms with van der Waals surface area (Å²) in [7, 11) is 0. The lowest BCUT2D eigenvalue weighted by molar-refractivity contribution is 0.0698. The molecule has 3 rings (SSSR count). The molecular formula is C17H22N2O2. The van der Waals surface area contributed by atoms with Crippen molar-refractivity contribution in [3.63, 3.8) is 0 Å². The number of fused-ring (bicyclic) bond motifs is 1. The number of hydrogen-bond donors (Lipinski definition) is 1. The number of benzene rings is 1. The molecule has 0 amide bonds. The zero-order chi connectivity index (χ0) is 15.0. The molecule has 0 atom stereocenters. The molecule has 0 spiro atoms. The largest absolute Gasteiger partial charge is 0.478 e. The van der Waals surface area contributed by atoms with E-state index in [0.717, 1.165) is 29.3 Å². The third kappa shape index (κ3) is 2.67. The maximum Gasteiger partial charge on any atom is 0.337 e. The Kier molecular flexibility index (Phi) is 3.70. The fourth-order valence-electron chi connectivity index (χ4n) is 3.47. The third-order valence-electron chi connectivity index (χ3n) is 4.76. The van der Waals surface area contributed by atoms with Crippen LogP contribution in [-0.2, 0) is 6.54 Å². The van der Waals surface area contributed by atoms with Crippen molar-refractivity contribution >= 4 is 17.0 Å². The average Bonchev–Trinajstić information content (AvgIpc) is 2.77. The van der Waals surface area contributed by atoms with Crippen LogP contribution in [0.1, 0.15) is 48.8 Å². The number of imidazole rings is 1. The molecule has 0 unspecified atom stereocenters. The first kappa shape index (κ1) is 14.1. The number of aromatic carboxylic acids is 1. The Morgan fingerprint density at radius 1 is 1.33 bits per heavy atom. The van der Waals surface area contributed by atoms with Crippen molar-refractivity contribution in [3.05, 3.63) is 29.6 Å². The van der Waals surface area contributed by atoms with Crippen molar-refractivity contribution in [2.24, 2.45) is 11.8 Å². The minimum absolute atomic E-state index is 0.359. The van der Waals surface area contributed by atoms with Gasteiger partial charge in [0.2, 0.25) is 0 Å². The van der Waals surface area contributed by atoms with E-state index >= 15 is 0 Å². The van der Waals surface area contributed by atoms with Crippen LogP contribution in [0.2, 0.25) is 0 Å². The number of carbonyl (C=O) groups is 1. The molecule has 1 aromatic heterocycles. The molecular weight excluding hydrogens is 264 g/mol. The summed E-state index contributed by atoms with van der Waals surface area (Å²) in [6.07, 6.45) is 5.02. The predicted octanol–water partition coefficient (Wildman–Crippen LogP) is 3.87. The van der Waals surface area contributed by atoms with Gasteiger partial charge < -0.3 is 9.67 Å². The van der Waals surface area contributed by atoms with Gasteiger partial charge in [0.15, 0.2) is 0 Å². The van der Waals surface area contributed by atoms with Gasteiger partial charge in [-0.2, -0.15) is 0 Å². The van der Waals surface area contributed by atoms with Crippen LogP contribution in [-0.4, -0.2) is 20.6 Å². The first-order chi connectivity index (χ1) is 10.1. The van der Waals surface area contributed by atoms with Crippen LogP contribution in [0.25, 0.3) is 11.0 Å². The molecule has 0 aliphatic heterocycles. The second-order valence-corrected chi connectivity index (χ2v) is 6.37. The molecule has 1 fully saturated rings. The van der Waals surface area contributed by atoms with E-state index < -0.39 is 5.97 Å². The number of nitrogens with zero attached hydrogens (tertiary/aromatic N) is 2. The fourth-order valence-corrected chi connectivity index (χ4v) is 3.47. The van der Waals surface area contributed by atoms with Gasteiger partial charge in [0.1, 0.15) is 5.82 Å². The van der Waals surface area contributed by atoms with Crippen LogP contribution in [0.5, 0.6) is 0 Å². The Morgan fingerprint density at radius 2 is 2.05 bits per heavy atom. The van der Waals surface area contributed by atoms with Crippen molar-refractivity contribution in [1.82, 2.24) is 9.55 Å². The highest BCUT2D eigenvalue weighted by atomic mass is 16.4. The molecule has 1 heterocycles. The second kappa shape index (κ2) is 5.51. The number of hydrogen-bond acceptors (Lipinski definition) is 2. The molecule has 1 aromatic carbocycles. The van der Waals surface area contributed by atoms with Gasteiger partial charge in [0.05, 0.1) is 16.6 Å². The topological polar surface area (TPSA) is 55.1 Å². The number of rotatable bonds is 3. The molecule has 0 bridgehead atoms.